The molecule has 0 N–H and O–H groups in total. The minimum atomic E-state index is 0.519. The van der Waals surface area contributed by atoms with Crippen LogP contribution >= 0.6 is 23.4 Å². The van der Waals surface area contributed by atoms with Crippen LogP contribution in [0.2, 0.25) is 5.15 Å². The molecule has 0 unspecified atom stereocenters. The minimum absolute atomic E-state index is 0.519. The van der Waals surface area contributed by atoms with Gasteiger partial charge in [0, 0.05) is 11.9 Å². The number of nitrogens with zero attached hydrogens (tertiary/aromatic N) is 2. The van der Waals surface area contributed by atoms with E-state index in [0.717, 1.165) is 10.6 Å². The molecule has 2 nitrogen and oxygen atoms in total. The van der Waals surface area contributed by atoms with E-state index in [9.17, 15) is 0 Å². The Morgan fingerprint density at radius 2 is 2.00 bits per heavy atom. The second-order valence-corrected chi connectivity index (χ2v) is 4.33. The average Bonchev–Trinajstić information content (AvgIpc) is 2.29. The first-order chi connectivity index (χ1) is 7.36. The lowest BCUT2D eigenvalue weighted by Gasteiger charge is -2.02. The third-order valence-corrected chi connectivity index (χ3v) is 3.37. The van der Waals surface area contributed by atoms with Crippen molar-refractivity contribution in [3.05, 3.63) is 53.6 Å². The van der Waals surface area contributed by atoms with Crippen molar-refractivity contribution in [3.63, 3.8) is 0 Å². The molecule has 4 heteroatoms. The van der Waals surface area contributed by atoms with Crippen molar-refractivity contribution in [1.29, 1.82) is 0 Å². The lowest BCUT2D eigenvalue weighted by Crippen LogP contribution is -1.84. The van der Waals surface area contributed by atoms with Crippen LogP contribution in [-0.2, 0) is 5.75 Å². The van der Waals surface area contributed by atoms with Crippen LogP contribution in [0.4, 0.5) is 0 Å². The van der Waals surface area contributed by atoms with Gasteiger partial charge in [-0.2, -0.15) is 0 Å². The van der Waals surface area contributed by atoms with Gasteiger partial charge in [-0.3, -0.25) is 0 Å². The van der Waals surface area contributed by atoms with Gasteiger partial charge in [0.15, 0.2) is 0 Å². The Labute approximate surface area is 97.7 Å². The number of aromatic nitrogens is 2. The molecule has 0 radical (unpaired) electrons. The molecule has 0 spiro atoms. The normalized spacial score (nSPS) is 10.2. The summed E-state index contributed by atoms with van der Waals surface area (Å²) in [5.41, 5.74) is 1.27. The van der Waals surface area contributed by atoms with E-state index in [0.29, 0.717) is 5.15 Å². The summed E-state index contributed by atoms with van der Waals surface area (Å²) in [5, 5.41) is 0.519. The third kappa shape index (κ3) is 2.94. The topological polar surface area (TPSA) is 25.8 Å². The maximum absolute atomic E-state index is 5.92. The van der Waals surface area contributed by atoms with E-state index in [2.05, 4.69) is 22.1 Å². The molecular formula is C11H9ClN2S. The van der Waals surface area contributed by atoms with Gasteiger partial charge < -0.3 is 0 Å². The van der Waals surface area contributed by atoms with Crippen LogP contribution in [0.1, 0.15) is 5.56 Å². The lowest BCUT2D eigenvalue weighted by molar-refractivity contribution is 1.10. The molecule has 0 saturated carbocycles. The zero-order valence-corrected chi connectivity index (χ0v) is 9.50. The molecule has 0 fully saturated rings. The molecule has 1 aromatic carbocycles. The zero-order chi connectivity index (χ0) is 10.5. The van der Waals surface area contributed by atoms with Crippen LogP contribution in [0, 0.1) is 0 Å². The summed E-state index contributed by atoms with van der Waals surface area (Å²) in [7, 11) is 0. The van der Waals surface area contributed by atoms with Gasteiger partial charge in [0.05, 0.1) is 4.90 Å². The average molecular weight is 237 g/mol. The van der Waals surface area contributed by atoms with Crippen LogP contribution in [-0.4, -0.2) is 9.97 Å². The van der Waals surface area contributed by atoms with E-state index in [-0.39, 0.29) is 0 Å². The molecule has 1 heterocycles. The Hall–Kier alpha value is -1.06. The van der Waals surface area contributed by atoms with E-state index in [1.165, 1.54) is 11.9 Å². The Morgan fingerprint density at radius 1 is 1.20 bits per heavy atom. The molecular weight excluding hydrogens is 228 g/mol. The molecule has 0 atom stereocenters. The van der Waals surface area contributed by atoms with Gasteiger partial charge in [-0.05, 0) is 5.56 Å². The first kappa shape index (κ1) is 10.5. The molecule has 0 aliphatic rings. The van der Waals surface area contributed by atoms with E-state index in [1.54, 1.807) is 18.0 Å². The summed E-state index contributed by atoms with van der Waals surface area (Å²) in [6, 6.07) is 10.2. The maximum Gasteiger partial charge on any atom is 0.145 e. The highest BCUT2D eigenvalue weighted by atomic mass is 35.5. The van der Waals surface area contributed by atoms with E-state index in [4.69, 9.17) is 11.6 Å². The van der Waals surface area contributed by atoms with E-state index in [1.807, 2.05) is 18.2 Å². The van der Waals surface area contributed by atoms with Gasteiger partial charge in [0.25, 0.3) is 0 Å². The summed E-state index contributed by atoms with van der Waals surface area (Å²) >= 11 is 7.56. The number of thioether (sulfide) groups is 1. The molecule has 1 aromatic heterocycles. The highest BCUT2D eigenvalue weighted by molar-refractivity contribution is 7.98. The van der Waals surface area contributed by atoms with Crippen molar-refractivity contribution < 1.29 is 0 Å². The lowest BCUT2D eigenvalue weighted by atomic mass is 10.2. The van der Waals surface area contributed by atoms with Crippen LogP contribution in [0.15, 0.2) is 47.8 Å². The number of rotatable bonds is 3. The van der Waals surface area contributed by atoms with E-state index >= 15 is 0 Å². The third-order valence-electron chi connectivity index (χ3n) is 1.87. The Morgan fingerprint density at radius 3 is 2.73 bits per heavy atom. The van der Waals surface area contributed by atoms with Crippen LogP contribution in [0.5, 0.6) is 0 Å². The maximum atomic E-state index is 5.92. The Balaban J connectivity index is 2.03. The monoisotopic (exact) mass is 236 g/mol. The van der Waals surface area contributed by atoms with Crippen molar-refractivity contribution in [2.75, 3.05) is 0 Å². The number of hydrogen-bond donors (Lipinski definition) is 0. The SMILES string of the molecule is Clc1ncncc1SCc1ccccc1. The first-order valence-electron chi connectivity index (χ1n) is 4.48. The van der Waals surface area contributed by atoms with Gasteiger partial charge in [0.2, 0.25) is 0 Å². The molecule has 0 saturated heterocycles. The fourth-order valence-electron chi connectivity index (χ4n) is 1.13. The highest BCUT2D eigenvalue weighted by Gasteiger charge is 2.01. The largest absolute Gasteiger partial charge is 0.244 e. The zero-order valence-electron chi connectivity index (χ0n) is 7.93. The van der Waals surface area contributed by atoms with Crippen molar-refractivity contribution >= 4 is 23.4 Å². The van der Waals surface area contributed by atoms with E-state index < -0.39 is 0 Å². The predicted octanol–water partition coefficient (Wildman–Crippen LogP) is 3.42. The fourth-order valence-corrected chi connectivity index (χ4v) is 2.21. The highest BCUT2D eigenvalue weighted by Crippen LogP contribution is 2.26. The molecule has 0 aliphatic heterocycles. The molecule has 2 aromatic rings. The molecule has 0 aliphatic carbocycles. The molecule has 2 rings (SSSR count). The predicted molar refractivity (Wildman–Crippen MR) is 63.0 cm³/mol. The quantitative estimate of drug-likeness (QED) is 0.603. The smallest absolute Gasteiger partial charge is 0.145 e. The number of benzene rings is 1. The van der Waals surface area contributed by atoms with Crippen molar-refractivity contribution in [2.45, 2.75) is 10.6 Å². The van der Waals surface area contributed by atoms with Crippen molar-refractivity contribution in [1.82, 2.24) is 9.97 Å². The number of hydrogen-bond acceptors (Lipinski definition) is 3. The first-order valence-corrected chi connectivity index (χ1v) is 5.85. The van der Waals surface area contributed by atoms with Gasteiger partial charge >= 0.3 is 0 Å². The Bertz CT molecular complexity index is 434. The summed E-state index contributed by atoms with van der Waals surface area (Å²) in [6.07, 6.45) is 3.19. The summed E-state index contributed by atoms with van der Waals surface area (Å²) < 4.78 is 0. The summed E-state index contributed by atoms with van der Waals surface area (Å²) in [4.78, 5) is 8.79. The van der Waals surface area contributed by atoms with Crippen LogP contribution in [0.25, 0.3) is 0 Å². The number of halogens is 1. The fraction of sp³-hybridized carbons (Fsp3) is 0.0909. The molecule has 76 valence electrons. The van der Waals surface area contributed by atoms with Crippen LogP contribution < -0.4 is 0 Å². The molecule has 15 heavy (non-hydrogen) atoms. The van der Waals surface area contributed by atoms with Gasteiger partial charge in [-0.25, -0.2) is 9.97 Å². The molecule has 0 bridgehead atoms. The van der Waals surface area contributed by atoms with Gasteiger partial charge in [-0.1, -0.05) is 41.9 Å². The van der Waals surface area contributed by atoms with Crippen molar-refractivity contribution in [2.24, 2.45) is 0 Å². The van der Waals surface area contributed by atoms with Gasteiger partial charge in [-0.15, -0.1) is 11.8 Å². The molecule has 0 amide bonds. The summed E-state index contributed by atoms with van der Waals surface area (Å²) in [5.74, 6) is 0.883. The minimum Gasteiger partial charge on any atom is -0.244 e. The van der Waals surface area contributed by atoms with Crippen molar-refractivity contribution in [3.8, 4) is 0 Å². The second-order valence-electron chi connectivity index (χ2n) is 2.95. The Kier molecular flexibility index (Phi) is 3.59. The second kappa shape index (κ2) is 5.14. The van der Waals surface area contributed by atoms with Gasteiger partial charge in [0.1, 0.15) is 11.5 Å². The summed E-state index contributed by atoms with van der Waals surface area (Å²) in [6.45, 7) is 0. The van der Waals surface area contributed by atoms with Crippen LogP contribution in [0.3, 0.4) is 0 Å². The standard InChI is InChI=1S/C11H9ClN2S/c12-11-10(6-13-8-14-11)15-7-9-4-2-1-3-5-9/h1-6,8H,7H2.